The van der Waals surface area contributed by atoms with Crippen molar-refractivity contribution in [3.05, 3.63) is 0 Å². The summed E-state index contributed by atoms with van der Waals surface area (Å²) < 4.78 is 0. The maximum absolute atomic E-state index is 4.04. The van der Waals surface area contributed by atoms with Gasteiger partial charge in [0.15, 0.2) is 0 Å². The summed E-state index contributed by atoms with van der Waals surface area (Å²) in [4.78, 5) is 5.29. The summed E-state index contributed by atoms with van der Waals surface area (Å²) in [5.41, 5.74) is 0.422. The van der Waals surface area contributed by atoms with Crippen LogP contribution in [0.4, 0.5) is 0 Å². The van der Waals surface area contributed by atoms with Crippen molar-refractivity contribution in [3.63, 3.8) is 0 Å². The molecule has 2 bridgehead atoms. The van der Waals surface area contributed by atoms with E-state index in [1.54, 1.807) is 0 Å². The van der Waals surface area contributed by atoms with Gasteiger partial charge >= 0.3 is 0 Å². The Balaban J connectivity index is 1.77. The van der Waals surface area contributed by atoms with E-state index in [2.05, 4.69) is 36.0 Å². The van der Waals surface area contributed by atoms with E-state index in [1.807, 2.05) is 0 Å². The molecular weight excluding hydrogens is 234 g/mol. The SMILES string of the molecule is CC(C)N1CC2CCC(C3CCCCN(C)C3)(C1)N2. The third kappa shape index (κ3) is 2.70. The summed E-state index contributed by atoms with van der Waals surface area (Å²) in [5.74, 6) is 0.853. The first-order chi connectivity index (χ1) is 9.09. The molecule has 3 heterocycles. The van der Waals surface area contributed by atoms with Crippen molar-refractivity contribution in [2.45, 2.75) is 63.6 Å². The first-order valence-corrected chi connectivity index (χ1v) is 8.29. The molecule has 3 fully saturated rings. The monoisotopic (exact) mass is 265 g/mol. The van der Waals surface area contributed by atoms with E-state index in [-0.39, 0.29) is 0 Å². The van der Waals surface area contributed by atoms with Gasteiger partial charge in [0.25, 0.3) is 0 Å². The zero-order valence-corrected chi connectivity index (χ0v) is 13.0. The first kappa shape index (κ1) is 13.8. The predicted molar refractivity (Wildman–Crippen MR) is 80.4 cm³/mol. The molecule has 3 aliphatic heterocycles. The maximum atomic E-state index is 4.04. The predicted octanol–water partition coefficient (Wildman–Crippen LogP) is 1.93. The number of fused-ring (bicyclic) bond motifs is 2. The van der Waals surface area contributed by atoms with E-state index >= 15 is 0 Å². The van der Waals surface area contributed by atoms with Gasteiger partial charge in [-0.05, 0) is 59.0 Å². The van der Waals surface area contributed by atoms with E-state index in [1.165, 1.54) is 58.3 Å². The Morgan fingerprint density at radius 3 is 2.79 bits per heavy atom. The molecule has 0 saturated carbocycles. The Labute approximate surface area is 118 Å². The average molecular weight is 265 g/mol. The molecule has 3 rings (SSSR count). The first-order valence-electron chi connectivity index (χ1n) is 8.29. The number of piperazine rings is 1. The Morgan fingerprint density at radius 1 is 1.16 bits per heavy atom. The lowest BCUT2D eigenvalue weighted by atomic mass is 9.79. The third-order valence-corrected chi connectivity index (χ3v) is 5.76. The average Bonchev–Trinajstić information content (AvgIpc) is 2.56. The summed E-state index contributed by atoms with van der Waals surface area (Å²) in [5, 5.41) is 4.04. The quantitative estimate of drug-likeness (QED) is 0.823. The molecule has 3 atom stereocenters. The lowest BCUT2D eigenvalue weighted by Gasteiger charge is -2.47. The number of hydrogen-bond acceptors (Lipinski definition) is 3. The van der Waals surface area contributed by atoms with E-state index in [0.717, 1.165) is 12.0 Å². The van der Waals surface area contributed by atoms with Crippen LogP contribution in [0.15, 0.2) is 0 Å². The second-order valence-electron chi connectivity index (χ2n) is 7.51. The van der Waals surface area contributed by atoms with E-state index < -0.39 is 0 Å². The number of nitrogens with zero attached hydrogens (tertiary/aromatic N) is 2. The van der Waals surface area contributed by atoms with Gasteiger partial charge in [-0.25, -0.2) is 0 Å². The van der Waals surface area contributed by atoms with Crippen LogP contribution in [0.25, 0.3) is 0 Å². The minimum Gasteiger partial charge on any atom is -0.306 e. The molecule has 0 spiro atoms. The van der Waals surface area contributed by atoms with Crippen LogP contribution < -0.4 is 5.32 Å². The molecule has 0 aliphatic carbocycles. The fourth-order valence-electron chi connectivity index (χ4n) is 4.58. The summed E-state index contributed by atoms with van der Waals surface area (Å²) in [7, 11) is 2.31. The van der Waals surface area contributed by atoms with Crippen molar-refractivity contribution in [1.29, 1.82) is 0 Å². The summed E-state index contributed by atoms with van der Waals surface area (Å²) in [6.45, 7) is 9.85. The maximum Gasteiger partial charge on any atom is 0.0352 e. The highest BCUT2D eigenvalue weighted by atomic mass is 15.3. The van der Waals surface area contributed by atoms with Crippen molar-refractivity contribution in [1.82, 2.24) is 15.1 Å². The number of rotatable bonds is 2. The van der Waals surface area contributed by atoms with Crippen molar-refractivity contribution < 1.29 is 0 Å². The summed E-state index contributed by atoms with van der Waals surface area (Å²) >= 11 is 0. The van der Waals surface area contributed by atoms with Gasteiger partial charge in [0, 0.05) is 37.3 Å². The second kappa shape index (κ2) is 5.34. The van der Waals surface area contributed by atoms with Crippen molar-refractivity contribution in [3.8, 4) is 0 Å². The van der Waals surface area contributed by atoms with Gasteiger partial charge in [0.1, 0.15) is 0 Å². The molecule has 0 amide bonds. The third-order valence-electron chi connectivity index (χ3n) is 5.76. The standard InChI is InChI=1S/C16H31N3/c1-13(2)19-11-15-7-8-16(12-19,17-15)14-6-4-5-9-18(3)10-14/h13-15,17H,4-12H2,1-3H3. The zero-order chi connectivity index (χ0) is 13.5. The highest BCUT2D eigenvalue weighted by molar-refractivity contribution is 5.09. The van der Waals surface area contributed by atoms with Gasteiger partial charge in [-0.3, -0.25) is 4.90 Å². The molecule has 3 unspecified atom stereocenters. The molecular formula is C16H31N3. The minimum atomic E-state index is 0.422. The van der Waals surface area contributed by atoms with Crippen LogP contribution in [0.2, 0.25) is 0 Å². The van der Waals surface area contributed by atoms with Gasteiger partial charge in [-0.15, -0.1) is 0 Å². The normalized spacial score (nSPS) is 41.7. The van der Waals surface area contributed by atoms with Crippen molar-refractivity contribution >= 4 is 0 Å². The lowest BCUT2D eigenvalue weighted by molar-refractivity contribution is 0.0619. The summed E-state index contributed by atoms with van der Waals surface area (Å²) in [6, 6.07) is 1.45. The molecule has 0 radical (unpaired) electrons. The topological polar surface area (TPSA) is 18.5 Å². The number of likely N-dealkylation sites (tertiary alicyclic amines) is 2. The highest BCUT2D eigenvalue weighted by Gasteiger charge is 2.49. The van der Waals surface area contributed by atoms with Crippen LogP contribution in [0.3, 0.4) is 0 Å². The zero-order valence-electron chi connectivity index (χ0n) is 13.0. The van der Waals surface area contributed by atoms with Gasteiger partial charge in [-0.1, -0.05) is 6.42 Å². The molecule has 1 N–H and O–H groups in total. The molecule has 0 aromatic rings. The molecule has 3 aliphatic rings. The Bertz CT molecular complexity index is 317. The Kier molecular flexibility index (Phi) is 3.89. The number of nitrogens with one attached hydrogen (secondary N) is 1. The molecule has 3 saturated heterocycles. The van der Waals surface area contributed by atoms with Crippen LogP contribution in [0.1, 0.15) is 46.0 Å². The molecule has 3 nitrogen and oxygen atoms in total. The largest absolute Gasteiger partial charge is 0.306 e. The van der Waals surface area contributed by atoms with Gasteiger partial charge in [0.2, 0.25) is 0 Å². The molecule has 0 aromatic heterocycles. The van der Waals surface area contributed by atoms with E-state index in [4.69, 9.17) is 0 Å². The Morgan fingerprint density at radius 2 is 2.00 bits per heavy atom. The molecule has 19 heavy (non-hydrogen) atoms. The van der Waals surface area contributed by atoms with Crippen LogP contribution >= 0.6 is 0 Å². The van der Waals surface area contributed by atoms with Crippen LogP contribution in [-0.2, 0) is 0 Å². The summed E-state index contributed by atoms with van der Waals surface area (Å²) in [6.07, 6.45) is 7.03. The van der Waals surface area contributed by atoms with Gasteiger partial charge < -0.3 is 10.2 Å². The van der Waals surface area contributed by atoms with Crippen LogP contribution in [-0.4, -0.2) is 60.6 Å². The van der Waals surface area contributed by atoms with E-state index in [9.17, 15) is 0 Å². The molecule has 3 heteroatoms. The lowest BCUT2D eigenvalue weighted by Crippen LogP contribution is -2.64. The van der Waals surface area contributed by atoms with E-state index in [0.29, 0.717) is 11.6 Å². The van der Waals surface area contributed by atoms with Crippen LogP contribution in [0.5, 0.6) is 0 Å². The molecule has 110 valence electrons. The highest BCUT2D eigenvalue weighted by Crippen LogP contribution is 2.39. The fraction of sp³-hybridized carbons (Fsp3) is 1.00. The van der Waals surface area contributed by atoms with Crippen molar-refractivity contribution in [2.75, 3.05) is 33.2 Å². The molecule has 0 aromatic carbocycles. The van der Waals surface area contributed by atoms with Gasteiger partial charge in [0.05, 0.1) is 0 Å². The van der Waals surface area contributed by atoms with Crippen LogP contribution in [0, 0.1) is 5.92 Å². The Hall–Kier alpha value is -0.120. The van der Waals surface area contributed by atoms with Crippen molar-refractivity contribution in [2.24, 2.45) is 5.92 Å². The van der Waals surface area contributed by atoms with Gasteiger partial charge in [-0.2, -0.15) is 0 Å². The fourth-order valence-corrected chi connectivity index (χ4v) is 4.58. The smallest absolute Gasteiger partial charge is 0.0352 e. The number of hydrogen-bond donors (Lipinski definition) is 1. The minimum absolute atomic E-state index is 0.422. The second-order valence-corrected chi connectivity index (χ2v) is 7.51.